The minimum absolute atomic E-state index is 0.0835. The van der Waals surface area contributed by atoms with Crippen molar-refractivity contribution in [2.24, 2.45) is 0 Å². The van der Waals surface area contributed by atoms with Crippen molar-refractivity contribution in [3.05, 3.63) is 28.8 Å². The molecule has 1 aliphatic rings. The van der Waals surface area contributed by atoms with Gasteiger partial charge in [-0.3, -0.25) is 4.79 Å². The molecule has 2 N–H and O–H groups in total. The fraction of sp³-hybridized carbons (Fsp3) is 0.533. The van der Waals surface area contributed by atoms with Crippen LogP contribution in [0, 0.1) is 0 Å². The average molecular weight is 296 g/mol. The number of halogens is 1. The largest absolute Gasteiger partial charge is 0.362 e. The maximum absolute atomic E-state index is 11.7. The van der Waals surface area contributed by atoms with Crippen molar-refractivity contribution in [1.82, 2.24) is 10.6 Å². The van der Waals surface area contributed by atoms with Gasteiger partial charge >= 0.3 is 0 Å². The summed E-state index contributed by atoms with van der Waals surface area (Å²) in [6.45, 7) is 7.03. The third-order valence-electron chi connectivity index (χ3n) is 3.34. The fourth-order valence-corrected chi connectivity index (χ4v) is 2.52. The number of nitrogens with one attached hydrogen (secondary N) is 2. The number of rotatable bonds is 4. The first-order chi connectivity index (χ1) is 9.56. The van der Waals surface area contributed by atoms with Crippen LogP contribution in [0.4, 0.5) is 5.69 Å². The predicted octanol–water partition coefficient (Wildman–Crippen LogP) is 2.16. The van der Waals surface area contributed by atoms with Crippen molar-refractivity contribution < 1.29 is 4.79 Å². The van der Waals surface area contributed by atoms with Gasteiger partial charge in [0.1, 0.15) is 0 Å². The molecule has 0 atom stereocenters. The quantitative estimate of drug-likeness (QED) is 0.895. The number of benzene rings is 1. The van der Waals surface area contributed by atoms with Crippen LogP contribution in [0.25, 0.3) is 0 Å². The lowest BCUT2D eigenvalue weighted by Gasteiger charge is -2.25. The van der Waals surface area contributed by atoms with Crippen LogP contribution in [0.3, 0.4) is 0 Å². The second-order valence-corrected chi connectivity index (χ2v) is 5.87. The van der Waals surface area contributed by atoms with E-state index in [4.69, 9.17) is 11.6 Å². The van der Waals surface area contributed by atoms with Gasteiger partial charge in [0.05, 0.1) is 6.54 Å². The molecule has 0 aliphatic carbocycles. The number of carbonyl (C=O) groups is 1. The Morgan fingerprint density at radius 2 is 2.25 bits per heavy atom. The molecule has 1 saturated heterocycles. The number of anilines is 1. The smallest absolute Gasteiger partial charge is 0.239 e. The Balaban J connectivity index is 2.22. The number of hydrogen-bond donors (Lipinski definition) is 2. The van der Waals surface area contributed by atoms with Crippen molar-refractivity contribution in [2.75, 3.05) is 24.5 Å². The molecular weight excluding hydrogens is 274 g/mol. The van der Waals surface area contributed by atoms with Crippen molar-refractivity contribution in [2.45, 2.75) is 32.9 Å². The van der Waals surface area contributed by atoms with Crippen LogP contribution in [-0.4, -0.2) is 31.6 Å². The monoisotopic (exact) mass is 295 g/mol. The molecule has 1 aromatic carbocycles. The molecule has 0 bridgehead atoms. The number of amides is 1. The summed E-state index contributed by atoms with van der Waals surface area (Å²) in [6, 6.07) is 6.29. The molecule has 0 aromatic heterocycles. The van der Waals surface area contributed by atoms with Crippen LogP contribution in [0.5, 0.6) is 0 Å². The molecule has 2 rings (SSSR count). The van der Waals surface area contributed by atoms with E-state index >= 15 is 0 Å². The highest BCUT2D eigenvalue weighted by Crippen LogP contribution is 2.25. The number of hydrogen-bond acceptors (Lipinski definition) is 3. The molecule has 1 aromatic rings. The predicted molar refractivity (Wildman–Crippen MR) is 83.3 cm³/mol. The lowest BCUT2D eigenvalue weighted by atomic mass is 10.1. The van der Waals surface area contributed by atoms with Gasteiger partial charge < -0.3 is 15.5 Å². The highest BCUT2D eigenvalue weighted by molar-refractivity contribution is 6.30. The Labute approximate surface area is 125 Å². The molecular formula is C15H22ClN3O. The number of carbonyl (C=O) groups excluding carboxylic acids is 1. The third kappa shape index (κ3) is 4.12. The van der Waals surface area contributed by atoms with Gasteiger partial charge in [0.25, 0.3) is 0 Å². The molecule has 20 heavy (non-hydrogen) atoms. The summed E-state index contributed by atoms with van der Waals surface area (Å²) in [7, 11) is 0. The van der Waals surface area contributed by atoms with Gasteiger partial charge in [0.2, 0.25) is 5.91 Å². The van der Waals surface area contributed by atoms with E-state index in [2.05, 4.69) is 29.4 Å². The van der Waals surface area contributed by atoms with E-state index in [-0.39, 0.29) is 5.91 Å². The first-order valence-corrected chi connectivity index (χ1v) is 7.47. The Hall–Kier alpha value is -1.26. The summed E-state index contributed by atoms with van der Waals surface area (Å²) in [5.74, 6) is 0.0835. The molecule has 1 heterocycles. The summed E-state index contributed by atoms with van der Waals surface area (Å²) < 4.78 is 0. The van der Waals surface area contributed by atoms with Gasteiger partial charge in [0, 0.05) is 36.4 Å². The molecule has 0 radical (unpaired) electrons. The average Bonchev–Trinajstić information content (AvgIpc) is 2.61. The highest BCUT2D eigenvalue weighted by atomic mass is 35.5. The van der Waals surface area contributed by atoms with E-state index in [1.54, 1.807) is 0 Å². The minimum atomic E-state index is 0.0835. The van der Waals surface area contributed by atoms with Gasteiger partial charge in [0.15, 0.2) is 0 Å². The Kier molecular flexibility index (Phi) is 5.26. The lowest BCUT2D eigenvalue weighted by Crippen LogP contribution is -2.34. The van der Waals surface area contributed by atoms with Crippen molar-refractivity contribution in [3.63, 3.8) is 0 Å². The minimum Gasteiger partial charge on any atom is -0.362 e. The second kappa shape index (κ2) is 6.95. The summed E-state index contributed by atoms with van der Waals surface area (Å²) >= 11 is 6.11. The summed E-state index contributed by atoms with van der Waals surface area (Å²) in [6.07, 6.45) is 0.964. The van der Waals surface area contributed by atoms with E-state index < -0.39 is 0 Å². The normalized spacial score (nSPS) is 16.2. The first kappa shape index (κ1) is 15.1. The zero-order valence-electron chi connectivity index (χ0n) is 12.1. The maximum Gasteiger partial charge on any atom is 0.239 e. The summed E-state index contributed by atoms with van der Waals surface area (Å²) in [5, 5.41) is 7.04. The topological polar surface area (TPSA) is 44.4 Å². The van der Waals surface area contributed by atoms with Crippen LogP contribution in [0.15, 0.2) is 18.2 Å². The van der Waals surface area contributed by atoms with Crippen molar-refractivity contribution >= 4 is 23.2 Å². The fourth-order valence-electron chi connectivity index (χ4n) is 2.33. The number of nitrogens with zero attached hydrogens (tertiary/aromatic N) is 1. The van der Waals surface area contributed by atoms with E-state index in [0.29, 0.717) is 12.6 Å². The molecule has 4 nitrogen and oxygen atoms in total. The third-order valence-corrected chi connectivity index (χ3v) is 3.58. The second-order valence-electron chi connectivity index (χ2n) is 5.43. The van der Waals surface area contributed by atoms with Gasteiger partial charge in [-0.1, -0.05) is 25.4 Å². The molecule has 5 heteroatoms. The van der Waals surface area contributed by atoms with Gasteiger partial charge in [-0.2, -0.15) is 0 Å². The Morgan fingerprint density at radius 1 is 1.45 bits per heavy atom. The SMILES string of the molecule is CC(C)NCc1cc(Cl)ccc1N1CCCNC(=O)C1. The first-order valence-electron chi connectivity index (χ1n) is 7.09. The zero-order valence-corrected chi connectivity index (χ0v) is 12.8. The van der Waals surface area contributed by atoms with Crippen molar-refractivity contribution in [1.29, 1.82) is 0 Å². The van der Waals surface area contributed by atoms with Gasteiger partial charge in [-0.15, -0.1) is 0 Å². The van der Waals surface area contributed by atoms with Crippen LogP contribution in [0.1, 0.15) is 25.8 Å². The van der Waals surface area contributed by atoms with Crippen LogP contribution >= 0.6 is 11.6 Å². The van der Waals surface area contributed by atoms with Crippen LogP contribution in [0.2, 0.25) is 5.02 Å². The molecule has 1 amide bonds. The summed E-state index contributed by atoms with van der Waals surface area (Å²) in [4.78, 5) is 13.9. The lowest BCUT2D eigenvalue weighted by molar-refractivity contribution is -0.119. The highest BCUT2D eigenvalue weighted by Gasteiger charge is 2.17. The van der Waals surface area contributed by atoms with Gasteiger partial charge in [-0.25, -0.2) is 0 Å². The molecule has 0 spiro atoms. The van der Waals surface area contributed by atoms with E-state index in [0.717, 1.165) is 42.3 Å². The van der Waals surface area contributed by atoms with Crippen LogP contribution < -0.4 is 15.5 Å². The van der Waals surface area contributed by atoms with Crippen LogP contribution in [-0.2, 0) is 11.3 Å². The molecule has 1 fully saturated rings. The molecule has 0 unspecified atom stereocenters. The molecule has 0 saturated carbocycles. The van der Waals surface area contributed by atoms with Gasteiger partial charge in [-0.05, 0) is 30.2 Å². The zero-order chi connectivity index (χ0) is 14.5. The van der Waals surface area contributed by atoms with E-state index in [1.165, 1.54) is 0 Å². The maximum atomic E-state index is 11.7. The summed E-state index contributed by atoms with van der Waals surface area (Å²) in [5.41, 5.74) is 2.24. The van der Waals surface area contributed by atoms with E-state index in [1.807, 2.05) is 18.2 Å². The standard InChI is InChI=1S/C15H22ClN3O/c1-11(2)18-9-12-8-13(16)4-5-14(12)19-7-3-6-17-15(20)10-19/h4-5,8,11,18H,3,6-7,9-10H2,1-2H3,(H,17,20). The van der Waals surface area contributed by atoms with Crippen molar-refractivity contribution in [3.8, 4) is 0 Å². The Bertz CT molecular complexity index is 476. The van der Waals surface area contributed by atoms with E-state index in [9.17, 15) is 4.79 Å². The Morgan fingerprint density at radius 3 is 3.00 bits per heavy atom. The molecule has 110 valence electrons. The molecule has 1 aliphatic heterocycles.